The fraction of sp³-hybridized carbons (Fsp3) is 0.333. The van der Waals surface area contributed by atoms with Crippen LogP contribution >= 0.6 is 11.3 Å². The first-order chi connectivity index (χ1) is 8.72. The third-order valence-corrected chi connectivity index (χ3v) is 3.45. The first kappa shape index (κ1) is 12.8. The number of nitrogen functional groups attached to an aromatic ring is 1. The van der Waals surface area contributed by atoms with Crippen LogP contribution in [0, 0.1) is 0 Å². The second-order valence-corrected chi connectivity index (χ2v) is 4.99. The minimum absolute atomic E-state index is 0.648. The maximum absolute atomic E-state index is 5.42. The predicted octanol–water partition coefficient (Wildman–Crippen LogP) is 2.02. The van der Waals surface area contributed by atoms with E-state index in [4.69, 9.17) is 5.84 Å². The topological polar surface area (TPSA) is 67.1 Å². The molecule has 18 heavy (non-hydrogen) atoms. The summed E-state index contributed by atoms with van der Waals surface area (Å²) in [7, 11) is 2.02. The van der Waals surface area contributed by atoms with Gasteiger partial charge in [-0.2, -0.15) is 0 Å². The zero-order chi connectivity index (χ0) is 13.0. The Morgan fingerprint density at radius 1 is 1.44 bits per heavy atom. The molecular formula is C12H17N5S. The molecule has 2 rings (SSSR count). The minimum atomic E-state index is 0.648. The molecule has 0 aliphatic heterocycles. The highest BCUT2D eigenvalue weighted by atomic mass is 32.1. The number of nitrogens with two attached hydrogens (primary N) is 1. The molecule has 3 N–H and O–H groups in total. The van der Waals surface area contributed by atoms with E-state index in [1.807, 2.05) is 20.0 Å². The molecule has 0 aromatic carbocycles. The van der Waals surface area contributed by atoms with Crippen LogP contribution in [0.15, 0.2) is 23.6 Å². The molecule has 0 fully saturated rings. The van der Waals surface area contributed by atoms with Gasteiger partial charge in [0.15, 0.2) is 0 Å². The van der Waals surface area contributed by atoms with Crippen LogP contribution in [0.2, 0.25) is 0 Å². The van der Waals surface area contributed by atoms with Crippen LogP contribution in [0.5, 0.6) is 0 Å². The predicted molar refractivity (Wildman–Crippen MR) is 75.6 cm³/mol. The Hall–Kier alpha value is -1.66. The number of nitrogens with one attached hydrogen (secondary N) is 1. The van der Waals surface area contributed by atoms with E-state index >= 15 is 0 Å². The van der Waals surface area contributed by atoms with Gasteiger partial charge < -0.3 is 10.3 Å². The number of aryl methyl sites for hydroxylation is 1. The molecule has 2 heterocycles. The SMILES string of the molecule is CCc1nc(NN)cc(N(C)Cc2cccs2)n1. The summed E-state index contributed by atoms with van der Waals surface area (Å²) in [5.41, 5.74) is 2.58. The third kappa shape index (κ3) is 2.96. The molecule has 0 aliphatic carbocycles. The van der Waals surface area contributed by atoms with Crippen molar-refractivity contribution in [2.75, 3.05) is 17.4 Å². The number of rotatable bonds is 5. The van der Waals surface area contributed by atoms with E-state index in [0.717, 1.165) is 24.6 Å². The Labute approximate surface area is 111 Å². The molecule has 0 saturated carbocycles. The smallest absolute Gasteiger partial charge is 0.145 e. The number of hydrogen-bond acceptors (Lipinski definition) is 6. The molecule has 0 amide bonds. The number of nitrogens with zero attached hydrogens (tertiary/aromatic N) is 3. The van der Waals surface area contributed by atoms with Crippen molar-refractivity contribution in [3.05, 3.63) is 34.3 Å². The fourth-order valence-corrected chi connectivity index (χ4v) is 2.39. The fourth-order valence-electron chi connectivity index (χ4n) is 1.63. The van der Waals surface area contributed by atoms with Crippen molar-refractivity contribution in [3.8, 4) is 0 Å². The maximum atomic E-state index is 5.42. The van der Waals surface area contributed by atoms with E-state index in [1.165, 1.54) is 4.88 Å². The lowest BCUT2D eigenvalue weighted by Gasteiger charge is -2.18. The van der Waals surface area contributed by atoms with Crippen molar-refractivity contribution in [3.63, 3.8) is 0 Å². The van der Waals surface area contributed by atoms with Gasteiger partial charge in [-0.1, -0.05) is 13.0 Å². The van der Waals surface area contributed by atoms with E-state index in [9.17, 15) is 0 Å². The quantitative estimate of drug-likeness (QED) is 0.638. The van der Waals surface area contributed by atoms with Crippen LogP contribution in [0.4, 0.5) is 11.6 Å². The van der Waals surface area contributed by atoms with E-state index in [0.29, 0.717) is 5.82 Å². The van der Waals surface area contributed by atoms with E-state index in [1.54, 1.807) is 11.3 Å². The van der Waals surface area contributed by atoms with E-state index in [2.05, 4.69) is 37.8 Å². The van der Waals surface area contributed by atoms with Crippen LogP contribution in [0.1, 0.15) is 17.6 Å². The highest BCUT2D eigenvalue weighted by Gasteiger charge is 2.08. The Balaban J connectivity index is 2.20. The van der Waals surface area contributed by atoms with Gasteiger partial charge in [0.1, 0.15) is 17.5 Å². The van der Waals surface area contributed by atoms with E-state index in [-0.39, 0.29) is 0 Å². The molecule has 0 radical (unpaired) electrons. The van der Waals surface area contributed by atoms with Crippen LogP contribution in [-0.4, -0.2) is 17.0 Å². The first-order valence-corrected chi connectivity index (χ1v) is 6.69. The highest BCUT2D eigenvalue weighted by Crippen LogP contribution is 2.18. The number of thiophene rings is 1. The average Bonchev–Trinajstić information content (AvgIpc) is 2.90. The second-order valence-electron chi connectivity index (χ2n) is 3.96. The van der Waals surface area contributed by atoms with Gasteiger partial charge in [0, 0.05) is 24.4 Å². The summed E-state index contributed by atoms with van der Waals surface area (Å²) in [5, 5.41) is 2.08. The van der Waals surface area contributed by atoms with Crippen molar-refractivity contribution in [1.82, 2.24) is 9.97 Å². The first-order valence-electron chi connectivity index (χ1n) is 5.81. The van der Waals surface area contributed by atoms with Gasteiger partial charge in [0.05, 0.1) is 6.54 Å². The summed E-state index contributed by atoms with van der Waals surface area (Å²) in [6.45, 7) is 2.86. The molecule has 2 aromatic heterocycles. The lowest BCUT2D eigenvalue weighted by molar-refractivity contribution is 0.866. The molecule has 0 spiro atoms. The molecule has 0 aliphatic rings. The summed E-state index contributed by atoms with van der Waals surface area (Å²) in [4.78, 5) is 12.2. The van der Waals surface area contributed by atoms with Crippen molar-refractivity contribution >= 4 is 23.0 Å². The molecular weight excluding hydrogens is 246 g/mol. The maximum Gasteiger partial charge on any atom is 0.145 e. The Morgan fingerprint density at radius 2 is 2.28 bits per heavy atom. The van der Waals surface area contributed by atoms with Gasteiger partial charge in [-0.05, 0) is 11.4 Å². The van der Waals surface area contributed by atoms with E-state index < -0.39 is 0 Å². The largest absolute Gasteiger partial charge is 0.354 e. The van der Waals surface area contributed by atoms with Crippen molar-refractivity contribution < 1.29 is 0 Å². The summed E-state index contributed by atoms with van der Waals surface area (Å²) >= 11 is 1.74. The summed E-state index contributed by atoms with van der Waals surface area (Å²) in [6.07, 6.45) is 0.787. The molecule has 0 atom stereocenters. The highest BCUT2D eigenvalue weighted by molar-refractivity contribution is 7.09. The van der Waals surface area contributed by atoms with Crippen LogP contribution in [0.25, 0.3) is 0 Å². The van der Waals surface area contributed by atoms with Crippen molar-refractivity contribution in [2.24, 2.45) is 5.84 Å². The van der Waals surface area contributed by atoms with Gasteiger partial charge in [-0.3, -0.25) is 0 Å². The third-order valence-electron chi connectivity index (χ3n) is 2.59. The summed E-state index contributed by atoms with van der Waals surface area (Å²) in [5.74, 6) is 7.74. The molecule has 0 bridgehead atoms. The minimum Gasteiger partial charge on any atom is -0.354 e. The van der Waals surface area contributed by atoms with Crippen LogP contribution in [-0.2, 0) is 13.0 Å². The number of hydrazine groups is 1. The lowest BCUT2D eigenvalue weighted by Crippen LogP contribution is -2.19. The Kier molecular flexibility index (Phi) is 4.11. The Bertz CT molecular complexity index is 475. The number of aromatic nitrogens is 2. The number of hydrogen-bond donors (Lipinski definition) is 2. The van der Waals surface area contributed by atoms with Gasteiger partial charge in [0.2, 0.25) is 0 Å². The van der Waals surface area contributed by atoms with Gasteiger partial charge >= 0.3 is 0 Å². The van der Waals surface area contributed by atoms with Crippen molar-refractivity contribution in [2.45, 2.75) is 19.9 Å². The van der Waals surface area contributed by atoms with Crippen molar-refractivity contribution in [1.29, 1.82) is 0 Å². The molecule has 2 aromatic rings. The normalized spacial score (nSPS) is 10.4. The standard InChI is InChI=1S/C12H17N5S/c1-3-10-14-11(16-13)7-12(15-10)17(2)8-9-5-4-6-18-9/h4-7H,3,8,13H2,1-2H3,(H,14,15,16). The zero-order valence-corrected chi connectivity index (χ0v) is 11.4. The molecule has 0 saturated heterocycles. The molecule has 6 heteroatoms. The number of anilines is 2. The zero-order valence-electron chi connectivity index (χ0n) is 10.6. The summed E-state index contributed by atoms with van der Waals surface area (Å²) < 4.78 is 0. The van der Waals surface area contributed by atoms with Gasteiger partial charge in [-0.15, -0.1) is 11.3 Å². The van der Waals surface area contributed by atoms with Gasteiger partial charge in [0.25, 0.3) is 0 Å². The summed E-state index contributed by atoms with van der Waals surface area (Å²) in [6, 6.07) is 6.02. The average molecular weight is 263 g/mol. The lowest BCUT2D eigenvalue weighted by atomic mass is 10.4. The van der Waals surface area contributed by atoms with Crippen LogP contribution in [0.3, 0.4) is 0 Å². The van der Waals surface area contributed by atoms with Gasteiger partial charge in [-0.25, -0.2) is 15.8 Å². The Morgan fingerprint density at radius 3 is 2.89 bits per heavy atom. The second kappa shape index (κ2) is 5.79. The molecule has 0 unspecified atom stereocenters. The molecule has 5 nitrogen and oxygen atoms in total. The van der Waals surface area contributed by atoms with Crippen LogP contribution < -0.4 is 16.2 Å². The monoisotopic (exact) mass is 263 g/mol. The molecule has 96 valence electrons.